The summed E-state index contributed by atoms with van der Waals surface area (Å²) in [5, 5.41) is 12.9. The van der Waals surface area contributed by atoms with Gasteiger partial charge in [0.05, 0.1) is 12.5 Å². The Morgan fingerprint density at radius 1 is 1.32 bits per heavy atom. The third-order valence-corrected chi connectivity index (χ3v) is 4.69. The van der Waals surface area contributed by atoms with Gasteiger partial charge in [0.15, 0.2) is 11.6 Å². The number of anilines is 2. The van der Waals surface area contributed by atoms with Crippen LogP contribution in [0.1, 0.15) is 51.8 Å². The van der Waals surface area contributed by atoms with E-state index in [-0.39, 0.29) is 30.6 Å². The van der Waals surface area contributed by atoms with Gasteiger partial charge in [0.25, 0.3) is 0 Å². The first-order valence-electron chi connectivity index (χ1n) is 9.57. The predicted octanol–water partition coefficient (Wildman–Crippen LogP) is 2.23. The van der Waals surface area contributed by atoms with Crippen LogP contribution in [0.25, 0.3) is 0 Å². The molecule has 1 aliphatic carbocycles. The van der Waals surface area contributed by atoms with Crippen molar-refractivity contribution in [1.82, 2.24) is 20.5 Å². The highest BCUT2D eigenvalue weighted by atomic mass is 19.1. The number of carbonyl (C=O) groups is 2. The van der Waals surface area contributed by atoms with Crippen LogP contribution in [0.5, 0.6) is 0 Å². The molecule has 0 spiro atoms. The van der Waals surface area contributed by atoms with Crippen LogP contribution in [0.3, 0.4) is 0 Å². The number of hydrogen-bond acceptors (Lipinski definition) is 7. The average molecular weight is 396 g/mol. The van der Waals surface area contributed by atoms with Gasteiger partial charge in [-0.3, -0.25) is 25.6 Å². The number of aryl methyl sites for hydroxylation is 1. The fourth-order valence-electron chi connectivity index (χ4n) is 3.42. The fourth-order valence-corrected chi connectivity index (χ4v) is 3.42. The average Bonchev–Trinajstić information content (AvgIpc) is 3.14. The number of carbonyl (C=O) groups excluding carboxylic acids is 2. The van der Waals surface area contributed by atoms with E-state index in [4.69, 9.17) is 0 Å². The normalized spacial score (nSPS) is 15.4. The summed E-state index contributed by atoms with van der Waals surface area (Å²) in [6, 6.07) is -0.0269. The first kappa shape index (κ1) is 21.8. The monoisotopic (exact) mass is 396 g/mol. The third-order valence-electron chi connectivity index (χ3n) is 4.69. The second-order valence-electron chi connectivity index (χ2n) is 7.51. The number of rotatable bonds is 10. The van der Waals surface area contributed by atoms with Crippen LogP contribution in [-0.2, 0) is 9.59 Å². The van der Waals surface area contributed by atoms with Crippen molar-refractivity contribution in [3.63, 3.8) is 0 Å². The van der Waals surface area contributed by atoms with Gasteiger partial charge >= 0.3 is 0 Å². The van der Waals surface area contributed by atoms with E-state index in [2.05, 4.69) is 26.1 Å². The number of hydrazine groups is 1. The van der Waals surface area contributed by atoms with Gasteiger partial charge in [-0.1, -0.05) is 25.7 Å². The fraction of sp³-hybridized carbons (Fsp3) is 0.667. The van der Waals surface area contributed by atoms with E-state index >= 15 is 0 Å². The lowest BCUT2D eigenvalue weighted by Crippen LogP contribution is -2.41. The SMILES string of the molecule is Cc1nc(NNC(=O)[C@H](CC2CCCC2)CN(O)C=O)c(F)c(NC(C)C)n1. The van der Waals surface area contributed by atoms with Crippen molar-refractivity contribution < 1.29 is 19.2 Å². The van der Waals surface area contributed by atoms with Crippen molar-refractivity contribution in [3.05, 3.63) is 11.6 Å². The van der Waals surface area contributed by atoms with Crippen LogP contribution < -0.4 is 16.2 Å². The summed E-state index contributed by atoms with van der Waals surface area (Å²) in [6.45, 7) is 5.20. The molecule has 1 saturated carbocycles. The molecule has 0 radical (unpaired) electrons. The minimum Gasteiger partial charge on any atom is -0.365 e. The zero-order chi connectivity index (χ0) is 20.7. The summed E-state index contributed by atoms with van der Waals surface area (Å²) in [7, 11) is 0. The summed E-state index contributed by atoms with van der Waals surface area (Å²) in [5.74, 6) is -1.17. The Kier molecular flexibility index (Phi) is 7.91. The Bertz CT molecular complexity index is 682. The maximum Gasteiger partial charge on any atom is 0.243 e. The van der Waals surface area contributed by atoms with Crippen molar-refractivity contribution in [2.24, 2.45) is 11.8 Å². The highest BCUT2D eigenvalue weighted by Gasteiger charge is 2.27. The van der Waals surface area contributed by atoms with Crippen LogP contribution >= 0.6 is 0 Å². The Hall–Kier alpha value is -2.49. The van der Waals surface area contributed by atoms with Gasteiger partial charge in [0, 0.05) is 6.04 Å². The molecule has 0 saturated heterocycles. The molecule has 0 unspecified atom stereocenters. The molecule has 156 valence electrons. The van der Waals surface area contributed by atoms with Gasteiger partial charge in [-0.15, -0.1) is 0 Å². The lowest BCUT2D eigenvalue weighted by Gasteiger charge is -2.22. The standard InChI is InChI=1S/C18H29FN6O3/c1-11(2)20-16-15(19)17(22-12(3)21-16)23-24-18(27)14(9-25(28)10-26)8-13-6-4-5-7-13/h10-11,13-14,28H,4-9H2,1-3H3,(H,24,27)(H2,20,21,22,23)/t14-/m1/s1. The van der Waals surface area contributed by atoms with Crippen LogP contribution in [0.2, 0.25) is 0 Å². The molecule has 2 amide bonds. The Morgan fingerprint density at radius 3 is 2.57 bits per heavy atom. The number of halogens is 1. The zero-order valence-electron chi connectivity index (χ0n) is 16.5. The highest BCUT2D eigenvalue weighted by molar-refractivity contribution is 5.80. The molecule has 10 heteroatoms. The number of nitrogens with one attached hydrogen (secondary N) is 3. The maximum absolute atomic E-state index is 14.6. The Labute approximate surface area is 164 Å². The lowest BCUT2D eigenvalue weighted by atomic mass is 9.92. The summed E-state index contributed by atoms with van der Waals surface area (Å²) >= 11 is 0. The van der Waals surface area contributed by atoms with E-state index in [1.807, 2.05) is 13.8 Å². The summed E-state index contributed by atoms with van der Waals surface area (Å²) in [4.78, 5) is 31.4. The number of hydroxylamine groups is 2. The molecule has 1 heterocycles. The molecule has 0 aliphatic heterocycles. The number of amides is 2. The molecule has 1 atom stereocenters. The van der Waals surface area contributed by atoms with Gasteiger partial charge < -0.3 is 5.32 Å². The van der Waals surface area contributed by atoms with Crippen molar-refractivity contribution in [2.75, 3.05) is 17.3 Å². The first-order chi connectivity index (χ1) is 13.3. The van der Waals surface area contributed by atoms with E-state index in [0.717, 1.165) is 25.7 Å². The first-order valence-corrected chi connectivity index (χ1v) is 9.57. The molecule has 1 aromatic rings. The number of hydrogen-bond donors (Lipinski definition) is 4. The second kappa shape index (κ2) is 10.2. The van der Waals surface area contributed by atoms with Crippen molar-refractivity contribution in [1.29, 1.82) is 0 Å². The third kappa shape index (κ3) is 6.29. The van der Waals surface area contributed by atoms with E-state index < -0.39 is 17.6 Å². The van der Waals surface area contributed by atoms with Crippen LogP contribution in [0.4, 0.5) is 16.0 Å². The maximum atomic E-state index is 14.6. The molecule has 28 heavy (non-hydrogen) atoms. The molecular formula is C18H29FN6O3. The van der Waals surface area contributed by atoms with E-state index in [9.17, 15) is 19.2 Å². The molecular weight excluding hydrogens is 367 g/mol. The van der Waals surface area contributed by atoms with Crippen molar-refractivity contribution >= 4 is 24.0 Å². The topological polar surface area (TPSA) is 119 Å². The smallest absolute Gasteiger partial charge is 0.243 e. The molecule has 9 nitrogen and oxygen atoms in total. The minimum absolute atomic E-state index is 0.0269. The summed E-state index contributed by atoms with van der Waals surface area (Å²) in [6.07, 6.45) is 5.08. The van der Waals surface area contributed by atoms with Gasteiger partial charge in [-0.05, 0) is 33.1 Å². The molecule has 0 bridgehead atoms. The van der Waals surface area contributed by atoms with Gasteiger partial charge in [-0.2, -0.15) is 4.39 Å². The van der Waals surface area contributed by atoms with Crippen LogP contribution in [-0.4, -0.2) is 45.1 Å². The van der Waals surface area contributed by atoms with Gasteiger partial charge in [0.1, 0.15) is 5.82 Å². The van der Waals surface area contributed by atoms with E-state index in [0.29, 0.717) is 23.2 Å². The largest absolute Gasteiger partial charge is 0.365 e. The molecule has 1 fully saturated rings. The predicted molar refractivity (Wildman–Crippen MR) is 102 cm³/mol. The Morgan fingerprint density at radius 2 is 1.96 bits per heavy atom. The molecule has 4 N–H and O–H groups in total. The number of nitrogens with zero attached hydrogens (tertiary/aromatic N) is 3. The quantitative estimate of drug-likeness (QED) is 0.272. The highest BCUT2D eigenvalue weighted by Crippen LogP contribution is 2.30. The molecule has 1 aromatic heterocycles. The summed E-state index contributed by atoms with van der Waals surface area (Å²) in [5.41, 5.74) is 4.96. The Balaban J connectivity index is 2.06. The number of aromatic nitrogens is 2. The van der Waals surface area contributed by atoms with Gasteiger partial charge in [0.2, 0.25) is 18.1 Å². The molecule has 2 rings (SSSR count). The van der Waals surface area contributed by atoms with E-state index in [1.54, 1.807) is 6.92 Å². The lowest BCUT2D eigenvalue weighted by molar-refractivity contribution is -0.154. The van der Waals surface area contributed by atoms with Crippen molar-refractivity contribution in [3.8, 4) is 0 Å². The van der Waals surface area contributed by atoms with Crippen molar-refractivity contribution in [2.45, 2.75) is 58.9 Å². The minimum atomic E-state index is -0.705. The van der Waals surface area contributed by atoms with Crippen LogP contribution in [0, 0.1) is 24.6 Å². The van der Waals surface area contributed by atoms with E-state index in [1.165, 1.54) is 0 Å². The second-order valence-corrected chi connectivity index (χ2v) is 7.51. The zero-order valence-corrected chi connectivity index (χ0v) is 16.5. The molecule has 1 aliphatic rings. The van der Waals surface area contributed by atoms with Gasteiger partial charge in [-0.25, -0.2) is 15.0 Å². The summed E-state index contributed by atoms with van der Waals surface area (Å²) < 4.78 is 14.6. The van der Waals surface area contributed by atoms with Crippen LogP contribution in [0.15, 0.2) is 0 Å². The molecule has 0 aromatic carbocycles.